The first kappa shape index (κ1) is 29.4. The van der Waals surface area contributed by atoms with Crippen LogP contribution in [0.3, 0.4) is 0 Å². The average Bonchev–Trinajstić information content (AvgIpc) is 1.27. The predicted octanol–water partition coefficient (Wildman–Crippen LogP) is -1.40. The van der Waals surface area contributed by atoms with Crippen LogP contribution in [-0.2, 0) is 4.57 Å². The van der Waals surface area contributed by atoms with Gasteiger partial charge in [-0.3, -0.25) is 0 Å². The molecule has 0 atom stereocenters. The molecule has 4 N–H and O–H groups in total. The van der Waals surface area contributed by atoms with Crippen LogP contribution in [0.15, 0.2) is 0 Å². The number of rotatable bonds is 0. The molecule has 0 radical (unpaired) electrons. The van der Waals surface area contributed by atoms with Crippen molar-refractivity contribution in [3.8, 4) is 0 Å². The molecule has 64 valence electrons. The van der Waals surface area contributed by atoms with Crippen molar-refractivity contribution in [2.75, 3.05) is 6.61 Å². The predicted molar refractivity (Wildman–Crippen MR) is 51.0 cm³/mol. The average molecular weight is 270 g/mol. The van der Waals surface area contributed by atoms with E-state index in [9.17, 15) is 0 Å². The Kier molecular flexibility index (Phi) is 51.8. The van der Waals surface area contributed by atoms with E-state index in [1.807, 2.05) is 0 Å². The maximum absolute atomic E-state index is 8.88. The van der Waals surface area contributed by atoms with Crippen LogP contribution >= 0.6 is 7.82 Å². The molecule has 0 fully saturated rings. The third-order valence-electron chi connectivity index (χ3n) is 0. The summed E-state index contributed by atoms with van der Waals surface area (Å²) in [6.07, 6.45) is 0. The van der Waals surface area contributed by atoms with Crippen LogP contribution in [0.4, 0.5) is 0 Å². The summed E-state index contributed by atoms with van der Waals surface area (Å²) in [4.78, 5) is 21.6. The SMILES string of the molecule is CCO.O=P(O)(O)O.[Ca+2].[Ca+2].[Ca+2].[H-].[H-].[H-].[H-].[H-].[H-]. The van der Waals surface area contributed by atoms with Gasteiger partial charge in [0.05, 0.1) is 0 Å². The van der Waals surface area contributed by atoms with E-state index in [1.165, 1.54) is 0 Å². The molecule has 0 aliphatic carbocycles. The van der Waals surface area contributed by atoms with E-state index in [4.69, 9.17) is 24.4 Å². The first-order valence-electron chi connectivity index (χ1n) is 1.81. The summed E-state index contributed by atoms with van der Waals surface area (Å²) in [6, 6.07) is 0. The van der Waals surface area contributed by atoms with Gasteiger partial charge in [-0.25, -0.2) is 4.57 Å². The second-order valence-corrected chi connectivity index (χ2v) is 1.86. The van der Waals surface area contributed by atoms with E-state index >= 15 is 0 Å². The maximum Gasteiger partial charge on any atom is 2.00 e. The Morgan fingerprint density at radius 1 is 1.18 bits per heavy atom. The summed E-state index contributed by atoms with van der Waals surface area (Å²) < 4.78 is 8.88. The van der Waals surface area contributed by atoms with E-state index in [1.54, 1.807) is 6.92 Å². The van der Waals surface area contributed by atoms with Crippen molar-refractivity contribution in [2.45, 2.75) is 6.92 Å². The Labute approximate surface area is 164 Å². The van der Waals surface area contributed by atoms with Gasteiger partial charge in [-0.05, 0) is 6.92 Å². The largest absolute Gasteiger partial charge is 2.00 e. The van der Waals surface area contributed by atoms with Crippen LogP contribution in [0.2, 0.25) is 0 Å². The minimum Gasteiger partial charge on any atom is -1.00 e. The standard InChI is InChI=1S/C2H6O.3Ca.H3O4P.6H/c1-2-3;;;;1-5(2,3)4;;;;;;/h3H,2H2,1H3;;;;(H3,1,2,3,4);;;;;;/q;3*+2;;6*-1. The Balaban J connectivity index is -0.00000000317. The zero-order valence-corrected chi connectivity index (χ0v) is 14.0. The molecule has 0 aromatic rings. The molecule has 0 bridgehead atoms. The Hall–Kier alpha value is 3.85. The molecule has 0 spiro atoms. The van der Waals surface area contributed by atoms with Crippen molar-refractivity contribution in [2.24, 2.45) is 0 Å². The molecule has 9 heteroatoms. The fourth-order valence-electron chi connectivity index (χ4n) is 0. The zero-order valence-electron chi connectivity index (χ0n) is 12.5. The van der Waals surface area contributed by atoms with Crippen molar-refractivity contribution in [1.82, 2.24) is 0 Å². The summed E-state index contributed by atoms with van der Waals surface area (Å²) in [7, 11) is -4.64. The summed E-state index contributed by atoms with van der Waals surface area (Å²) in [5.74, 6) is 0. The van der Waals surface area contributed by atoms with Gasteiger partial charge in [0.1, 0.15) is 0 Å². The smallest absolute Gasteiger partial charge is 1.00 e. The molecule has 11 heavy (non-hydrogen) atoms. The van der Waals surface area contributed by atoms with Crippen LogP contribution < -0.4 is 0 Å². The summed E-state index contributed by atoms with van der Waals surface area (Å²) >= 11 is 0. The molecule has 0 rings (SSSR count). The van der Waals surface area contributed by atoms with Crippen LogP contribution in [0.5, 0.6) is 0 Å². The minimum absolute atomic E-state index is 0. The van der Waals surface area contributed by atoms with Gasteiger partial charge in [-0.2, -0.15) is 0 Å². The van der Waals surface area contributed by atoms with E-state index < -0.39 is 7.82 Å². The number of phosphoric acid groups is 1. The van der Waals surface area contributed by atoms with Gasteiger partial charge in [0.2, 0.25) is 0 Å². The van der Waals surface area contributed by atoms with Crippen molar-refractivity contribution < 1.29 is 32.9 Å². The molecule has 0 unspecified atom stereocenters. The number of aliphatic hydroxyl groups is 1. The molecular formula is C2H15Ca3O5P. The second kappa shape index (κ2) is 19.4. The van der Waals surface area contributed by atoms with Crippen LogP contribution in [-0.4, -0.2) is 140 Å². The third-order valence-corrected chi connectivity index (χ3v) is 0. The van der Waals surface area contributed by atoms with Gasteiger partial charge >= 0.3 is 121 Å². The molecule has 0 saturated heterocycles. The number of hydrogen-bond acceptors (Lipinski definition) is 2. The van der Waals surface area contributed by atoms with Gasteiger partial charge in [0.25, 0.3) is 0 Å². The summed E-state index contributed by atoms with van der Waals surface area (Å²) in [6.45, 7) is 1.93. The molecule has 0 aromatic heterocycles. The summed E-state index contributed by atoms with van der Waals surface area (Å²) in [5.41, 5.74) is 0. The number of aliphatic hydroxyl groups excluding tert-OH is 1. The van der Waals surface area contributed by atoms with E-state index in [2.05, 4.69) is 0 Å². The zero-order chi connectivity index (χ0) is 7.21. The van der Waals surface area contributed by atoms with Crippen LogP contribution in [0.25, 0.3) is 0 Å². The van der Waals surface area contributed by atoms with Crippen molar-refractivity contribution >= 4 is 121 Å². The Morgan fingerprint density at radius 3 is 1.18 bits per heavy atom. The van der Waals surface area contributed by atoms with Crippen molar-refractivity contribution in [3.63, 3.8) is 0 Å². The minimum atomic E-state index is -4.64. The van der Waals surface area contributed by atoms with Crippen molar-refractivity contribution in [1.29, 1.82) is 0 Å². The van der Waals surface area contributed by atoms with Gasteiger partial charge in [0, 0.05) is 6.61 Å². The van der Waals surface area contributed by atoms with E-state index in [-0.39, 0.29) is 128 Å². The van der Waals surface area contributed by atoms with Crippen molar-refractivity contribution in [3.05, 3.63) is 0 Å². The molecule has 0 heterocycles. The first-order chi connectivity index (χ1) is 3.41. The first-order valence-corrected chi connectivity index (χ1v) is 3.37. The molecule has 5 nitrogen and oxygen atoms in total. The van der Waals surface area contributed by atoms with Gasteiger partial charge in [-0.15, -0.1) is 0 Å². The summed E-state index contributed by atoms with van der Waals surface area (Å²) in [5, 5.41) is 7.57. The molecular weight excluding hydrogens is 255 g/mol. The molecule has 0 aliphatic rings. The van der Waals surface area contributed by atoms with Gasteiger partial charge < -0.3 is 28.3 Å². The topological polar surface area (TPSA) is 98.0 Å². The van der Waals surface area contributed by atoms with E-state index in [0.29, 0.717) is 0 Å². The quantitative estimate of drug-likeness (QED) is 0.321. The maximum atomic E-state index is 8.88. The fraction of sp³-hybridized carbons (Fsp3) is 1.00. The Morgan fingerprint density at radius 2 is 1.18 bits per heavy atom. The third kappa shape index (κ3) is 131. The van der Waals surface area contributed by atoms with E-state index in [0.717, 1.165) is 0 Å². The second-order valence-electron chi connectivity index (χ2n) is 0.830. The monoisotopic (exact) mass is 270 g/mol. The normalized spacial score (nSPS) is 7.00. The molecule has 0 aliphatic heterocycles. The fourth-order valence-corrected chi connectivity index (χ4v) is 0. The van der Waals surface area contributed by atoms with Crippen LogP contribution in [0, 0.1) is 0 Å². The number of hydrogen-bond donors (Lipinski definition) is 4. The van der Waals surface area contributed by atoms with Gasteiger partial charge in [-0.1, -0.05) is 0 Å². The van der Waals surface area contributed by atoms with Crippen LogP contribution in [0.1, 0.15) is 15.5 Å². The van der Waals surface area contributed by atoms with Gasteiger partial charge in [0.15, 0.2) is 0 Å². The molecule has 0 saturated carbocycles. The molecule has 0 aromatic carbocycles. The Bertz CT molecular complexity index is 91.5. The molecule has 0 amide bonds.